The van der Waals surface area contributed by atoms with Crippen molar-refractivity contribution in [3.05, 3.63) is 170 Å². The summed E-state index contributed by atoms with van der Waals surface area (Å²) in [4.78, 5) is 15.5. The number of thiophene rings is 2. The predicted octanol–water partition coefficient (Wildman–Crippen LogP) is 13.6. The molecular formula is C46H35N3S2. The largest absolute Gasteiger partial charge is 0.208 e. The van der Waals surface area contributed by atoms with Crippen molar-refractivity contribution in [2.24, 2.45) is 0 Å². The summed E-state index contributed by atoms with van der Waals surface area (Å²) >= 11 is 3.70. The molecule has 8 rings (SSSR count). The van der Waals surface area contributed by atoms with E-state index in [-0.39, 0.29) is 0 Å². The number of rotatable bonds is 9. The Morgan fingerprint density at radius 3 is 2.00 bits per heavy atom. The number of aromatic nitrogens is 3. The fourth-order valence-electron chi connectivity index (χ4n) is 6.54. The maximum absolute atomic E-state index is 5.23. The molecule has 0 amide bonds. The zero-order valence-electron chi connectivity index (χ0n) is 28.6. The van der Waals surface area contributed by atoms with Crippen LogP contribution in [0.5, 0.6) is 0 Å². The van der Waals surface area contributed by atoms with Crippen molar-refractivity contribution < 1.29 is 0 Å². The monoisotopic (exact) mass is 693 g/mol. The van der Waals surface area contributed by atoms with E-state index in [1.54, 1.807) is 6.08 Å². The maximum atomic E-state index is 5.23. The average Bonchev–Trinajstić information content (AvgIpc) is 3.75. The molecule has 51 heavy (non-hydrogen) atoms. The molecule has 3 heterocycles. The van der Waals surface area contributed by atoms with E-state index in [1.807, 2.05) is 53.0 Å². The number of hydrogen-bond donors (Lipinski definition) is 0. The van der Waals surface area contributed by atoms with E-state index in [1.165, 1.54) is 51.5 Å². The van der Waals surface area contributed by atoms with E-state index in [0.717, 1.165) is 34.3 Å². The molecule has 0 aliphatic rings. The lowest BCUT2D eigenvalue weighted by atomic mass is 9.97. The van der Waals surface area contributed by atoms with Gasteiger partial charge in [0.2, 0.25) is 0 Å². The average molecular weight is 694 g/mol. The first-order valence-electron chi connectivity index (χ1n) is 17.1. The molecule has 0 atom stereocenters. The minimum absolute atomic E-state index is 0.629. The smallest absolute Gasteiger partial charge is 0.164 e. The van der Waals surface area contributed by atoms with Gasteiger partial charge in [0, 0.05) is 68.2 Å². The molecule has 3 aromatic heterocycles. The van der Waals surface area contributed by atoms with E-state index in [4.69, 9.17) is 15.0 Å². The molecule has 5 aromatic carbocycles. The van der Waals surface area contributed by atoms with Crippen LogP contribution in [-0.2, 0) is 0 Å². The van der Waals surface area contributed by atoms with Gasteiger partial charge in [0.25, 0.3) is 0 Å². The third-order valence-corrected chi connectivity index (χ3v) is 11.5. The lowest BCUT2D eigenvalue weighted by molar-refractivity contribution is 1.03. The molecule has 246 valence electrons. The van der Waals surface area contributed by atoms with Gasteiger partial charge in [-0.15, -0.1) is 22.7 Å². The Balaban J connectivity index is 1.40. The van der Waals surface area contributed by atoms with Crippen molar-refractivity contribution in [1.29, 1.82) is 0 Å². The van der Waals surface area contributed by atoms with Gasteiger partial charge in [0.05, 0.1) is 0 Å². The van der Waals surface area contributed by atoms with Gasteiger partial charge >= 0.3 is 0 Å². The maximum Gasteiger partial charge on any atom is 0.164 e. The highest BCUT2D eigenvalue weighted by Crippen LogP contribution is 2.46. The number of fused-ring (bicyclic) bond motifs is 6. The first-order valence-corrected chi connectivity index (χ1v) is 18.7. The Bertz CT molecular complexity index is 2720. The van der Waals surface area contributed by atoms with E-state index in [9.17, 15) is 0 Å². The van der Waals surface area contributed by atoms with E-state index < -0.39 is 0 Å². The van der Waals surface area contributed by atoms with E-state index in [2.05, 4.69) is 130 Å². The van der Waals surface area contributed by atoms with Gasteiger partial charge < -0.3 is 0 Å². The van der Waals surface area contributed by atoms with E-state index >= 15 is 0 Å². The zero-order chi connectivity index (χ0) is 34.9. The molecule has 0 unspecified atom stereocenters. The van der Waals surface area contributed by atoms with Crippen molar-refractivity contribution >= 4 is 68.6 Å². The highest BCUT2D eigenvalue weighted by Gasteiger charge is 2.20. The lowest BCUT2D eigenvalue weighted by Gasteiger charge is -2.12. The van der Waals surface area contributed by atoms with Crippen molar-refractivity contribution in [3.8, 4) is 33.9 Å². The highest BCUT2D eigenvalue weighted by molar-refractivity contribution is 7.27. The van der Waals surface area contributed by atoms with Crippen molar-refractivity contribution in [2.45, 2.75) is 20.3 Å². The Kier molecular flexibility index (Phi) is 8.83. The van der Waals surface area contributed by atoms with Gasteiger partial charge in [-0.2, -0.15) is 0 Å². The fourth-order valence-corrected chi connectivity index (χ4v) is 8.98. The van der Waals surface area contributed by atoms with Crippen LogP contribution >= 0.6 is 22.7 Å². The Morgan fingerprint density at radius 2 is 1.29 bits per heavy atom. The summed E-state index contributed by atoms with van der Waals surface area (Å²) in [7, 11) is 0. The first kappa shape index (κ1) is 32.5. The lowest BCUT2D eigenvalue weighted by Crippen LogP contribution is -2.03. The van der Waals surface area contributed by atoms with Gasteiger partial charge in [0.15, 0.2) is 17.5 Å². The second-order valence-corrected chi connectivity index (χ2v) is 14.6. The topological polar surface area (TPSA) is 38.7 Å². The van der Waals surface area contributed by atoms with Crippen molar-refractivity contribution in [1.82, 2.24) is 15.0 Å². The van der Waals surface area contributed by atoms with Crippen LogP contribution in [0.1, 0.15) is 26.1 Å². The molecule has 0 bridgehead atoms. The SMILES string of the molecule is C=C/C=C\C(=C)/C(C)=C/C(=C\CC)c1nc(-c2ccccc2)nc(-c2cc(-c3cccc4c3sc3ccccc34)c3sc4ccccc4c3c2)n1. The molecule has 0 fully saturated rings. The Morgan fingerprint density at radius 1 is 0.667 bits per heavy atom. The molecule has 0 aliphatic carbocycles. The second-order valence-electron chi connectivity index (χ2n) is 12.5. The van der Waals surface area contributed by atoms with Gasteiger partial charge in [0.1, 0.15) is 0 Å². The molecule has 0 N–H and O–H groups in total. The van der Waals surface area contributed by atoms with Gasteiger partial charge in [-0.1, -0.05) is 129 Å². The molecule has 0 radical (unpaired) electrons. The second kappa shape index (κ2) is 13.9. The normalized spacial score (nSPS) is 12.5. The number of nitrogens with zero attached hydrogens (tertiary/aromatic N) is 3. The van der Waals surface area contributed by atoms with Crippen molar-refractivity contribution in [2.75, 3.05) is 0 Å². The molecule has 0 aliphatic heterocycles. The summed E-state index contributed by atoms with van der Waals surface area (Å²) in [6, 6.07) is 38.8. The van der Waals surface area contributed by atoms with Gasteiger partial charge in [-0.05, 0) is 54.8 Å². The zero-order valence-corrected chi connectivity index (χ0v) is 30.2. The molecule has 0 spiro atoms. The van der Waals surface area contributed by atoms with Crippen LogP contribution in [0.4, 0.5) is 0 Å². The number of allylic oxidation sites excluding steroid dienone is 8. The molecule has 3 nitrogen and oxygen atoms in total. The third-order valence-electron chi connectivity index (χ3n) is 9.09. The molecule has 8 aromatic rings. The summed E-state index contributed by atoms with van der Waals surface area (Å²) in [5, 5.41) is 5.01. The third kappa shape index (κ3) is 6.16. The Hall–Kier alpha value is -5.75. The van der Waals surface area contributed by atoms with Crippen LogP contribution < -0.4 is 0 Å². The van der Waals surface area contributed by atoms with Gasteiger partial charge in [-0.3, -0.25) is 0 Å². The van der Waals surface area contributed by atoms with Crippen molar-refractivity contribution in [3.63, 3.8) is 0 Å². The molecular weight excluding hydrogens is 659 g/mol. The molecule has 0 saturated heterocycles. The Labute approximate surface area is 306 Å². The van der Waals surface area contributed by atoms with E-state index in [0.29, 0.717) is 17.5 Å². The first-order chi connectivity index (χ1) is 25.0. The van der Waals surface area contributed by atoms with Crippen LogP contribution in [0.3, 0.4) is 0 Å². The summed E-state index contributed by atoms with van der Waals surface area (Å²) in [6.07, 6.45) is 10.7. The van der Waals surface area contributed by atoms with Crippen LogP contribution in [0.15, 0.2) is 164 Å². The summed E-state index contributed by atoms with van der Waals surface area (Å²) in [5.74, 6) is 1.90. The minimum Gasteiger partial charge on any atom is -0.208 e. The van der Waals surface area contributed by atoms with Crippen LogP contribution in [0.25, 0.3) is 79.8 Å². The van der Waals surface area contributed by atoms with Crippen LogP contribution in [-0.4, -0.2) is 15.0 Å². The summed E-state index contributed by atoms with van der Waals surface area (Å²) in [5.41, 5.74) is 7.17. The summed E-state index contributed by atoms with van der Waals surface area (Å²) in [6.45, 7) is 12.3. The summed E-state index contributed by atoms with van der Waals surface area (Å²) < 4.78 is 5.10. The number of hydrogen-bond acceptors (Lipinski definition) is 5. The van der Waals surface area contributed by atoms with Crippen LogP contribution in [0.2, 0.25) is 0 Å². The molecule has 5 heteroatoms. The quantitative estimate of drug-likeness (QED) is 0.141. The standard InChI is InChI=1S/C46H35N3S2/c1-5-7-17-29(3)30(4)26-32(16-6-2)45-47-44(31-18-9-8-10-19-31)48-46(49-45)33-27-38-35-21-12-14-25-41(35)51-43(38)39(28-33)37-23-15-22-36-34-20-11-13-24-40(34)50-42(36)37/h5,7-28H,1,3,6H2,2,4H3/b17-7-,30-26+,32-16+. The van der Waals surface area contributed by atoms with Crippen LogP contribution in [0, 0.1) is 0 Å². The molecule has 0 saturated carbocycles. The minimum atomic E-state index is 0.629. The predicted molar refractivity (Wildman–Crippen MR) is 222 cm³/mol. The fraction of sp³-hybridized carbons (Fsp3) is 0.0652. The van der Waals surface area contributed by atoms with Gasteiger partial charge in [-0.25, -0.2) is 15.0 Å². The number of benzene rings is 5. The highest BCUT2D eigenvalue weighted by atomic mass is 32.1.